The first-order valence-corrected chi connectivity index (χ1v) is 7.37. The zero-order valence-corrected chi connectivity index (χ0v) is 12.8. The van der Waals surface area contributed by atoms with E-state index in [2.05, 4.69) is 0 Å². The van der Waals surface area contributed by atoms with Gasteiger partial charge in [0, 0.05) is 6.08 Å². The molecule has 0 saturated carbocycles. The van der Waals surface area contributed by atoms with Crippen molar-refractivity contribution in [3.05, 3.63) is 88.1 Å². The zero-order valence-electron chi connectivity index (χ0n) is 12.8. The lowest BCUT2D eigenvalue weighted by Crippen LogP contribution is -2.04. The van der Waals surface area contributed by atoms with Crippen LogP contribution < -0.4 is 0 Å². The summed E-state index contributed by atoms with van der Waals surface area (Å²) in [5, 5.41) is 12.1. The summed E-state index contributed by atoms with van der Waals surface area (Å²) in [4.78, 5) is 9.99. The number of rotatable bonds is 3. The van der Waals surface area contributed by atoms with Crippen LogP contribution in [-0.2, 0) is 6.18 Å². The Bertz CT molecular complexity index is 961. The van der Waals surface area contributed by atoms with Gasteiger partial charge < -0.3 is 0 Å². The van der Waals surface area contributed by atoms with Crippen LogP contribution in [0.5, 0.6) is 0 Å². The molecule has 3 aromatic rings. The monoisotopic (exact) mass is 343 g/mol. The molecule has 0 heterocycles. The van der Waals surface area contributed by atoms with Crippen molar-refractivity contribution < 1.29 is 18.1 Å². The lowest BCUT2D eigenvalue weighted by Gasteiger charge is -2.11. The van der Waals surface area contributed by atoms with Gasteiger partial charge in [-0.2, -0.15) is 13.2 Å². The summed E-state index contributed by atoms with van der Waals surface area (Å²) in [7, 11) is 0. The van der Waals surface area contributed by atoms with Gasteiger partial charge in [-0.15, -0.1) is 0 Å². The van der Waals surface area contributed by atoms with Gasteiger partial charge in [0.25, 0.3) is 0 Å². The number of alkyl halides is 3. The summed E-state index contributed by atoms with van der Waals surface area (Å²) in [5.41, 5.74) is 1.38. The van der Waals surface area contributed by atoms with Crippen molar-refractivity contribution in [3.8, 4) is 11.1 Å². The fourth-order valence-electron chi connectivity index (χ4n) is 2.71. The molecule has 3 rings (SSSR count). The molecule has 0 unspecified atom stereocenters. The van der Waals surface area contributed by atoms with E-state index in [0.717, 1.165) is 34.7 Å². The highest BCUT2D eigenvalue weighted by molar-refractivity contribution is 6.00. The third-order valence-corrected chi connectivity index (χ3v) is 3.85. The molecule has 0 amide bonds. The van der Waals surface area contributed by atoms with Crippen LogP contribution in [0.15, 0.2) is 66.9 Å². The van der Waals surface area contributed by atoms with E-state index in [1.165, 1.54) is 18.2 Å². The number of hydrogen-bond acceptors (Lipinski definition) is 2. The van der Waals surface area contributed by atoms with Gasteiger partial charge in [-0.3, -0.25) is 10.1 Å². The molecule has 0 N–H and O–H groups in total. The lowest BCUT2D eigenvalue weighted by molar-refractivity contribution is -0.400. The van der Waals surface area contributed by atoms with Crippen LogP contribution in [0.1, 0.15) is 11.1 Å². The average Bonchev–Trinajstić information content (AvgIpc) is 2.58. The van der Waals surface area contributed by atoms with Gasteiger partial charge >= 0.3 is 6.18 Å². The minimum atomic E-state index is -4.38. The predicted octanol–water partition coefficient (Wildman–Crippen LogP) is 5.77. The first-order valence-electron chi connectivity index (χ1n) is 7.37. The highest BCUT2D eigenvalue weighted by Gasteiger charge is 2.30. The molecule has 0 aliphatic rings. The molecule has 0 radical (unpaired) electrons. The maximum Gasteiger partial charge on any atom is 0.416 e. The highest BCUT2D eigenvalue weighted by atomic mass is 19.4. The SMILES string of the molecule is O=[N+]([O-])/C=C/c1cccc2c(-c3ccc(C(F)(F)F)cc3)cccc12. The number of hydrogen-bond donors (Lipinski definition) is 0. The predicted molar refractivity (Wildman–Crippen MR) is 90.4 cm³/mol. The van der Waals surface area contributed by atoms with E-state index in [4.69, 9.17) is 0 Å². The second-order valence-corrected chi connectivity index (χ2v) is 5.42. The van der Waals surface area contributed by atoms with Crippen molar-refractivity contribution in [1.29, 1.82) is 0 Å². The summed E-state index contributed by atoms with van der Waals surface area (Å²) in [6, 6.07) is 15.7. The van der Waals surface area contributed by atoms with E-state index in [-0.39, 0.29) is 0 Å². The summed E-state index contributed by atoms with van der Waals surface area (Å²) < 4.78 is 38.1. The van der Waals surface area contributed by atoms with Gasteiger partial charge in [-0.1, -0.05) is 48.5 Å². The molecule has 0 aliphatic heterocycles. The Morgan fingerprint density at radius 2 is 1.52 bits per heavy atom. The molecule has 25 heavy (non-hydrogen) atoms. The molecule has 126 valence electrons. The summed E-state index contributed by atoms with van der Waals surface area (Å²) >= 11 is 0. The van der Waals surface area contributed by atoms with Crippen molar-refractivity contribution >= 4 is 16.8 Å². The first kappa shape index (κ1) is 16.7. The third kappa shape index (κ3) is 3.52. The minimum absolute atomic E-state index is 0.543. The van der Waals surface area contributed by atoms with Crippen LogP contribution in [-0.4, -0.2) is 4.92 Å². The molecule has 6 heteroatoms. The molecular weight excluding hydrogens is 331 g/mol. The van der Waals surface area contributed by atoms with Crippen molar-refractivity contribution in [2.45, 2.75) is 6.18 Å². The Labute approximate surface area is 141 Å². The molecule has 0 saturated heterocycles. The van der Waals surface area contributed by atoms with Crippen LogP contribution in [0, 0.1) is 10.1 Å². The number of halogens is 3. The zero-order chi connectivity index (χ0) is 18.0. The van der Waals surface area contributed by atoms with Crippen molar-refractivity contribution in [2.75, 3.05) is 0 Å². The molecule has 0 aliphatic carbocycles. The van der Waals surface area contributed by atoms with Crippen LogP contribution in [0.4, 0.5) is 13.2 Å². The fourth-order valence-corrected chi connectivity index (χ4v) is 2.71. The van der Waals surface area contributed by atoms with Gasteiger partial charge in [0.2, 0.25) is 6.20 Å². The quantitative estimate of drug-likeness (QED) is 0.447. The standard InChI is InChI=1S/C19H12F3NO2/c20-19(21,22)15-9-7-14(8-10-15)17-5-2-4-16-13(11-12-23(24)25)3-1-6-18(16)17/h1-12H/b12-11+. The second kappa shape index (κ2) is 6.39. The topological polar surface area (TPSA) is 43.1 Å². The summed E-state index contributed by atoms with van der Waals surface area (Å²) in [5.74, 6) is 0. The van der Waals surface area contributed by atoms with Gasteiger partial charge in [0.05, 0.1) is 10.5 Å². The van der Waals surface area contributed by atoms with Gasteiger partial charge in [0.15, 0.2) is 0 Å². The molecule has 0 bridgehead atoms. The maximum absolute atomic E-state index is 12.7. The average molecular weight is 343 g/mol. The van der Waals surface area contributed by atoms with Crippen LogP contribution >= 0.6 is 0 Å². The van der Waals surface area contributed by atoms with Gasteiger partial charge in [-0.05, 0) is 39.6 Å². The Morgan fingerprint density at radius 1 is 0.880 bits per heavy atom. The molecule has 0 fully saturated rings. The number of benzene rings is 3. The molecular formula is C19H12F3NO2. The smallest absolute Gasteiger partial charge is 0.259 e. The number of nitro groups is 1. The van der Waals surface area contributed by atoms with Crippen molar-refractivity contribution in [3.63, 3.8) is 0 Å². The normalized spacial score (nSPS) is 12.0. The van der Waals surface area contributed by atoms with Gasteiger partial charge in [0.1, 0.15) is 0 Å². The largest absolute Gasteiger partial charge is 0.416 e. The maximum atomic E-state index is 12.7. The highest BCUT2D eigenvalue weighted by Crippen LogP contribution is 2.34. The van der Waals surface area contributed by atoms with Crippen LogP contribution in [0.25, 0.3) is 28.0 Å². The summed E-state index contributed by atoms with van der Waals surface area (Å²) in [6.45, 7) is 0. The molecule has 0 atom stereocenters. The number of fused-ring (bicyclic) bond motifs is 1. The van der Waals surface area contributed by atoms with Gasteiger partial charge in [-0.25, -0.2) is 0 Å². The van der Waals surface area contributed by atoms with E-state index in [1.54, 1.807) is 18.2 Å². The van der Waals surface area contributed by atoms with Crippen molar-refractivity contribution in [1.82, 2.24) is 0 Å². The molecule has 3 nitrogen and oxygen atoms in total. The Morgan fingerprint density at radius 3 is 2.16 bits per heavy atom. The van der Waals surface area contributed by atoms with E-state index >= 15 is 0 Å². The lowest BCUT2D eigenvalue weighted by atomic mass is 9.95. The third-order valence-electron chi connectivity index (χ3n) is 3.85. The fraction of sp³-hybridized carbons (Fsp3) is 0.0526. The van der Waals surface area contributed by atoms with E-state index in [9.17, 15) is 23.3 Å². The van der Waals surface area contributed by atoms with Crippen LogP contribution in [0.3, 0.4) is 0 Å². The Balaban J connectivity index is 2.11. The van der Waals surface area contributed by atoms with Crippen LogP contribution in [0.2, 0.25) is 0 Å². The van der Waals surface area contributed by atoms with E-state index in [0.29, 0.717) is 11.1 Å². The van der Waals surface area contributed by atoms with Crippen molar-refractivity contribution in [2.24, 2.45) is 0 Å². The minimum Gasteiger partial charge on any atom is -0.259 e. The molecule has 0 aromatic heterocycles. The van der Waals surface area contributed by atoms with E-state index in [1.807, 2.05) is 18.2 Å². The molecule has 3 aromatic carbocycles. The number of nitrogens with zero attached hydrogens (tertiary/aromatic N) is 1. The Kier molecular flexibility index (Phi) is 4.27. The van der Waals surface area contributed by atoms with E-state index < -0.39 is 16.7 Å². The molecule has 0 spiro atoms. The Hall–Kier alpha value is -3.15. The first-order chi connectivity index (χ1) is 11.9. The summed E-state index contributed by atoms with van der Waals surface area (Å²) in [6.07, 6.45) is -2.11. The second-order valence-electron chi connectivity index (χ2n) is 5.42.